The molecule has 4 atom stereocenters. The van der Waals surface area contributed by atoms with Crippen LogP contribution < -0.4 is 10.2 Å². The van der Waals surface area contributed by atoms with Crippen LogP contribution in [0.15, 0.2) is 12.1 Å². The maximum atomic E-state index is 12.8. The summed E-state index contributed by atoms with van der Waals surface area (Å²) in [7, 11) is -1.16. The Hall–Kier alpha value is -2.24. The minimum Gasteiger partial charge on any atom is -0.381 e. The van der Waals surface area contributed by atoms with Gasteiger partial charge in [-0.2, -0.15) is 14.4 Å². The van der Waals surface area contributed by atoms with Crippen LogP contribution in [0.2, 0.25) is 0 Å². The number of rotatable bonds is 7. The fourth-order valence-corrected chi connectivity index (χ4v) is 7.25. The van der Waals surface area contributed by atoms with E-state index in [2.05, 4.69) is 20.4 Å². The van der Waals surface area contributed by atoms with Crippen molar-refractivity contribution in [2.75, 3.05) is 36.2 Å². The number of hydrogen-bond donors (Lipinski definition) is 2. The van der Waals surface area contributed by atoms with Gasteiger partial charge in [-0.15, -0.1) is 0 Å². The van der Waals surface area contributed by atoms with Gasteiger partial charge in [-0.05, 0) is 46.0 Å². The Kier molecular flexibility index (Phi) is 6.51. The first kappa shape index (κ1) is 23.5. The quantitative estimate of drug-likeness (QED) is 0.610. The number of anilines is 3. The van der Waals surface area contributed by atoms with Crippen LogP contribution in [0.25, 0.3) is 0 Å². The molecule has 2 aromatic heterocycles. The van der Waals surface area contributed by atoms with Gasteiger partial charge < -0.3 is 15.0 Å². The van der Waals surface area contributed by atoms with Crippen LogP contribution in [0.3, 0.4) is 0 Å². The number of aryl methyl sites for hydroxylation is 1. The molecule has 3 aliphatic heterocycles. The Morgan fingerprint density at radius 3 is 2.56 bits per heavy atom. The largest absolute Gasteiger partial charge is 0.381 e. The van der Waals surface area contributed by atoms with Gasteiger partial charge in [-0.3, -0.25) is 5.10 Å². The molecule has 186 valence electrons. The fraction of sp³-hybridized carbons (Fsp3) is 0.696. The van der Waals surface area contributed by atoms with Gasteiger partial charge in [0.25, 0.3) is 0 Å². The van der Waals surface area contributed by atoms with E-state index in [0.717, 1.165) is 56.5 Å². The number of aromatic nitrogens is 4. The summed E-state index contributed by atoms with van der Waals surface area (Å²) in [6.07, 6.45) is 5.48. The lowest BCUT2D eigenvalue weighted by Crippen LogP contribution is -2.58. The van der Waals surface area contributed by atoms with Crippen molar-refractivity contribution >= 4 is 27.6 Å². The molecule has 0 spiro atoms. The van der Waals surface area contributed by atoms with Crippen molar-refractivity contribution in [2.24, 2.45) is 0 Å². The minimum absolute atomic E-state index is 0.0564. The van der Waals surface area contributed by atoms with Crippen LogP contribution in [-0.4, -0.2) is 77.0 Å². The number of piperidine rings is 2. The van der Waals surface area contributed by atoms with Gasteiger partial charge >= 0.3 is 0 Å². The van der Waals surface area contributed by atoms with Crippen LogP contribution >= 0.6 is 0 Å². The number of nitrogens with one attached hydrogen (secondary N) is 2. The Morgan fingerprint density at radius 2 is 1.94 bits per heavy atom. The van der Waals surface area contributed by atoms with Gasteiger partial charge in [0.15, 0.2) is 5.82 Å². The lowest BCUT2D eigenvalue weighted by atomic mass is 9.83. The maximum absolute atomic E-state index is 12.8. The topological polar surface area (TPSA) is 116 Å². The van der Waals surface area contributed by atoms with E-state index in [9.17, 15) is 8.42 Å². The number of hydrogen-bond acceptors (Lipinski definition) is 8. The minimum atomic E-state index is -3.20. The first-order chi connectivity index (χ1) is 16.3. The summed E-state index contributed by atoms with van der Waals surface area (Å²) < 4.78 is 33.0. The lowest BCUT2D eigenvalue weighted by Gasteiger charge is -2.49. The van der Waals surface area contributed by atoms with Gasteiger partial charge in [0.2, 0.25) is 16.0 Å². The Bertz CT molecular complexity index is 1100. The second kappa shape index (κ2) is 9.43. The molecule has 2 aromatic rings. The first-order valence-electron chi connectivity index (χ1n) is 12.3. The predicted octanol–water partition coefficient (Wildman–Crippen LogP) is 2.93. The number of nitrogens with zero attached hydrogens (tertiary/aromatic N) is 5. The smallest absolute Gasteiger partial charge is 0.227 e. The van der Waals surface area contributed by atoms with Crippen molar-refractivity contribution in [1.29, 1.82) is 0 Å². The molecule has 34 heavy (non-hydrogen) atoms. The van der Waals surface area contributed by atoms with Gasteiger partial charge in [-0.1, -0.05) is 6.42 Å². The number of aromatic amines is 1. The fourth-order valence-electron chi connectivity index (χ4n) is 5.66. The first-order valence-corrected chi connectivity index (χ1v) is 13.9. The summed E-state index contributed by atoms with van der Waals surface area (Å²) in [6.45, 7) is 5.11. The zero-order valence-electron chi connectivity index (χ0n) is 20.2. The highest BCUT2D eigenvalue weighted by molar-refractivity contribution is 7.89. The van der Waals surface area contributed by atoms with Crippen LogP contribution in [0, 0.1) is 6.92 Å². The van der Waals surface area contributed by atoms with Crippen LogP contribution in [-0.2, 0) is 14.8 Å². The van der Waals surface area contributed by atoms with Gasteiger partial charge in [0.1, 0.15) is 5.82 Å². The molecule has 2 bridgehead atoms. The van der Waals surface area contributed by atoms with Crippen LogP contribution in [0.1, 0.15) is 62.8 Å². The van der Waals surface area contributed by atoms with Gasteiger partial charge in [0.05, 0.1) is 18.1 Å². The Balaban J connectivity index is 1.42. The molecular weight excluding hydrogens is 454 g/mol. The normalized spacial score (nSPS) is 27.6. The molecule has 0 radical (unpaired) electrons. The van der Waals surface area contributed by atoms with Crippen molar-refractivity contribution in [3.8, 4) is 0 Å². The second-order valence-corrected chi connectivity index (χ2v) is 12.0. The monoisotopic (exact) mass is 489 g/mol. The highest BCUT2D eigenvalue weighted by Crippen LogP contribution is 2.39. The molecule has 5 heterocycles. The molecule has 1 unspecified atom stereocenters. The summed E-state index contributed by atoms with van der Waals surface area (Å²) in [6, 6.07) is 4.23. The molecule has 5 rings (SSSR count). The third-order valence-electron chi connectivity index (χ3n) is 7.48. The molecule has 11 heteroatoms. The third kappa shape index (κ3) is 4.65. The highest BCUT2D eigenvalue weighted by Gasteiger charge is 2.45. The molecular formula is C23H35N7O3S. The number of sulfonamides is 1. The average Bonchev–Trinajstić information content (AvgIpc) is 3.49. The summed E-state index contributed by atoms with van der Waals surface area (Å²) in [4.78, 5) is 11.9. The molecule has 0 aliphatic carbocycles. The zero-order valence-corrected chi connectivity index (χ0v) is 21.0. The average molecular weight is 490 g/mol. The Labute approximate surface area is 201 Å². The molecule has 10 nitrogen and oxygen atoms in total. The lowest BCUT2D eigenvalue weighted by molar-refractivity contribution is 0.109. The molecule has 0 saturated carbocycles. The number of H-pyrrole nitrogens is 1. The van der Waals surface area contributed by atoms with E-state index in [0.29, 0.717) is 24.2 Å². The zero-order chi connectivity index (χ0) is 23.9. The number of fused-ring (bicyclic) bond motifs is 2. The summed E-state index contributed by atoms with van der Waals surface area (Å²) >= 11 is 0. The second-order valence-electron chi connectivity index (χ2n) is 9.80. The molecule has 3 aliphatic rings. The van der Waals surface area contributed by atoms with Crippen molar-refractivity contribution < 1.29 is 13.2 Å². The predicted molar refractivity (Wildman–Crippen MR) is 131 cm³/mol. The summed E-state index contributed by atoms with van der Waals surface area (Å²) in [5.74, 6) is 2.49. The van der Waals surface area contributed by atoms with Crippen LogP contribution in [0.5, 0.6) is 0 Å². The van der Waals surface area contributed by atoms with E-state index in [1.807, 2.05) is 30.4 Å². The van der Waals surface area contributed by atoms with Crippen molar-refractivity contribution in [2.45, 2.75) is 76.4 Å². The van der Waals surface area contributed by atoms with Crippen molar-refractivity contribution in [3.05, 3.63) is 23.5 Å². The van der Waals surface area contributed by atoms with Crippen LogP contribution in [0.4, 0.5) is 17.6 Å². The molecule has 3 fully saturated rings. The summed E-state index contributed by atoms with van der Waals surface area (Å²) in [5, 5.41) is 10.5. The van der Waals surface area contributed by atoms with Crippen molar-refractivity contribution in [1.82, 2.24) is 24.5 Å². The SMILES string of the molecule is CCS(=O)(=O)N1[C@@H]2CCC[C@H]1C[C@H](N(C)c1nc(Nc3cc(C)[nH]n3)cc(C3CCOC3)n1)C2. The van der Waals surface area contributed by atoms with E-state index in [-0.39, 0.29) is 29.8 Å². The van der Waals surface area contributed by atoms with E-state index < -0.39 is 10.0 Å². The highest BCUT2D eigenvalue weighted by atomic mass is 32.2. The van der Waals surface area contributed by atoms with E-state index in [4.69, 9.17) is 14.7 Å². The van der Waals surface area contributed by atoms with E-state index in [1.165, 1.54) is 0 Å². The van der Waals surface area contributed by atoms with E-state index in [1.54, 1.807) is 6.92 Å². The maximum Gasteiger partial charge on any atom is 0.227 e. The molecule has 2 N–H and O–H groups in total. The standard InChI is InChI=1S/C23H35N7O3S/c1-4-34(31,32)30-17-6-5-7-18(30)12-19(11-17)29(3)23-24-20(16-8-9-33-14-16)13-21(26-23)25-22-10-15(2)27-28-22/h10,13,16-19H,4-9,11-12,14H2,1-3H3,(H2,24,25,26,27,28)/t16?,17-,18+,19-. The van der Waals surface area contributed by atoms with E-state index >= 15 is 0 Å². The third-order valence-corrected chi connectivity index (χ3v) is 9.44. The Morgan fingerprint density at radius 1 is 1.18 bits per heavy atom. The molecule has 0 aromatic carbocycles. The summed E-state index contributed by atoms with van der Waals surface area (Å²) in [5.41, 5.74) is 1.94. The van der Waals surface area contributed by atoms with Gasteiger partial charge in [-0.25, -0.2) is 13.4 Å². The molecule has 3 saturated heterocycles. The van der Waals surface area contributed by atoms with Gasteiger partial charge in [0, 0.05) is 55.5 Å². The van der Waals surface area contributed by atoms with Crippen molar-refractivity contribution in [3.63, 3.8) is 0 Å². The number of ether oxygens (including phenoxy) is 1. The molecule has 0 amide bonds.